The molecule has 2 aromatic heterocycles. The zero-order valence-corrected chi connectivity index (χ0v) is 17.7. The number of para-hydroxylation sites is 2. The number of halogens is 1. The highest BCUT2D eigenvalue weighted by Crippen LogP contribution is 2.35. The van der Waals surface area contributed by atoms with Gasteiger partial charge in [-0.2, -0.15) is 0 Å². The second-order valence-electron chi connectivity index (χ2n) is 7.29. The fourth-order valence-electron chi connectivity index (χ4n) is 2.66. The Morgan fingerprint density at radius 3 is 2.00 bits per heavy atom. The molecular weight excluding hydrogens is 409 g/mol. The lowest BCUT2D eigenvalue weighted by Crippen LogP contribution is -2.31. The second-order valence-corrected chi connectivity index (χ2v) is 9.35. The molecule has 5 nitrogen and oxygen atoms in total. The van der Waals surface area contributed by atoms with Gasteiger partial charge in [-0.05, 0) is 45.0 Å². The molecule has 0 fully saturated rings. The third-order valence-corrected chi connectivity index (χ3v) is 5.92. The van der Waals surface area contributed by atoms with Crippen molar-refractivity contribution in [2.45, 2.75) is 26.4 Å². The SMILES string of the molecule is CC(C)(C)OC(=O)N/C(=C(\F)c1nc2ccccc2s1)c1nc2ccccc2s1. The predicted octanol–water partition coefficient (Wildman–Crippen LogP) is 6.23. The van der Waals surface area contributed by atoms with E-state index in [1.165, 1.54) is 22.7 Å². The highest BCUT2D eigenvalue weighted by molar-refractivity contribution is 7.20. The molecule has 29 heavy (non-hydrogen) atoms. The lowest BCUT2D eigenvalue weighted by Gasteiger charge is -2.20. The average Bonchev–Trinajstić information content (AvgIpc) is 3.27. The summed E-state index contributed by atoms with van der Waals surface area (Å²) < 4.78 is 22.6. The van der Waals surface area contributed by atoms with Gasteiger partial charge in [-0.25, -0.2) is 19.2 Å². The Hall–Kier alpha value is -2.84. The van der Waals surface area contributed by atoms with Crippen LogP contribution in [0.3, 0.4) is 0 Å². The minimum absolute atomic E-state index is 0.0421. The van der Waals surface area contributed by atoms with Gasteiger partial charge in [0.2, 0.25) is 0 Å². The minimum atomic E-state index is -0.747. The van der Waals surface area contributed by atoms with Crippen molar-refractivity contribution >= 4 is 60.7 Å². The van der Waals surface area contributed by atoms with Gasteiger partial charge in [0.25, 0.3) is 0 Å². The number of hydrogen-bond donors (Lipinski definition) is 1. The number of thiazole rings is 2. The topological polar surface area (TPSA) is 64.1 Å². The first-order valence-corrected chi connectivity index (χ1v) is 10.5. The van der Waals surface area contributed by atoms with E-state index >= 15 is 4.39 Å². The largest absolute Gasteiger partial charge is 0.444 e. The summed E-state index contributed by atoms with van der Waals surface area (Å²) >= 11 is 2.51. The summed E-state index contributed by atoms with van der Waals surface area (Å²) in [5.74, 6) is -0.642. The molecule has 4 aromatic rings. The summed E-state index contributed by atoms with van der Waals surface area (Å²) in [7, 11) is 0. The Morgan fingerprint density at radius 1 is 0.931 bits per heavy atom. The van der Waals surface area contributed by atoms with Crippen molar-refractivity contribution in [2.75, 3.05) is 0 Å². The molecule has 0 atom stereocenters. The fraction of sp³-hybridized carbons (Fsp3) is 0.190. The molecule has 0 aliphatic carbocycles. The standard InChI is InChI=1S/C21H18FN3O2S2/c1-21(2,3)27-20(26)25-17(19-24-13-9-5-7-11-15(13)29-19)16(22)18-23-12-8-4-6-10-14(12)28-18/h4-11H,1-3H3,(H,25,26)/b17-16-. The van der Waals surface area contributed by atoms with E-state index in [2.05, 4.69) is 15.3 Å². The van der Waals surface area contributed by atoms with Gasteiger partial charge in [-0.15, -0.1) is 22.7 Å². The van der Waals surface area contributed by atoms with Crippen LogP contribution in [-0.4, -0.2) is 21.7 Å². The van der Waals surface area contributed by atoms with E-state index < -0.39 is 17.5 Å². The molecule has 2 heterocycles. The van der Waals surface area contributed by atoms with Crippen LogP contribution in [0.15, 0.2) is 48.5 Å². The highest BCUT2D eigenvalue weighted by atomic mass is 32.1. The number of fused-ring (bicyclic) bond motifs is 2. The second kappa shape index (κ2) is 7.53. The van der Waals surface area contributed by atoms with Crippen molar-refractivity contribution in [3.05, 3.63) is 58.5 Å². The van der Waals surface area contributed by atoms with Gasteiger partial charge in [0.1, 0.15) is 16.3 Å². The molecule has 4 rings (SSSR count). The number of benzene rings is 2. The molecule has 1 N–H and O–H groups in total. The third kappa shape index (κ3) is 4.28. The summed E-state index contributed by atoms with van der Waals surface area (Å²) in [6, 6.07) is 14.9. The predicted molar refractivity (Wildman–Crippen MR) is 117 cm³/mol. The molecule has 0 unspecified atom stereocenters. The summed E-state index contributed by atoms with van der Waals surface area (Å²) in [4.78, 5) is 21.2. The van der Waals surface area contributed by atoms with Crippen LogP contribution in [0, 0.1) is 0 Å². The smallest absolute Gasteiger partial charge is 0.412 e. The zero-order chi connectivity index (χ0) is 20.6. The number of hydrogen-bond acceptors (Lipinski definition) is 6. The molecule has 1 amide bonds. The van der Waals surface area contributed by atoms with Gasteiger partial charge in [-0.3, -0.25) is 5.32 Å². The number of amides is 1. The van der Waals surface area contributed by atoms with Crippen LogP contribution in [0.25, 0.3) is 32.0 Å². The first kappa shape index (κ1) is 19.5. The number of nitrogens with zero attached hydrogens (tertiary/aromatic N) is 2. The van der Waals surface area contributed by atoms with Gasteiger partial charge >= 0.3 is 6.09 Å². The Morgan fingerprint density at radius 2 is 1.45 bits per heavy atom. The van der Waals surface area contributed by atoms with Crippen LogP contribution in [-0.2, 0) is 4.74 Å². The number of aromatic nitrogens is 2. The van der Waals surface area contributed by atoms with E-state index in [0.29, 0.717) is 10.5 Å². The molecule has 0 bridgehead atoms. The Labute approximate surface area is 174 Å². The lowest BCUT2D eigenvalue weighted by molar-refractivity contribution is 0.0558. The summed E-state index contributed by atoms with van der Waals surface area (Å²) in [5, 5.41) is 3.08. The zero-order valence-electron chi connectivity index (χ0n) is 16.0. The molecule has 0 spiro atoms. The van der Waals surface area contributed by atoms with E-state index in [1.807, 2.05) is 48.5 Å². The van der Waals surface area contributed by atoms with Gasteiger partial charge in [0.15, 0.2) is 10.8 Å². The number of alkyl carbamates (subject to hydrolysis) is 1. The molecule has 0 saturated heterocycles. The maximum atomic E-state index is 15.6. The van der Waals surface area contributed by atoms with E-state index in [1.54, 1.807) is 20.8 Å². The fourth-order valence-corrected chi connectivity index (χ4v) is 4.53. The molecule has 0 saturated carbocycles. The van der Waals surface area contributed by atoms with E-state index in [0.717, 1.165) is 14.9 Å². The molecule has 8 heteroatoms. The lowest BCUT2D eigenvalue weighted by atomic mass is 10.2. The summed E-state index contributed by atoms with van der Waals surface area (Å²) in [6.45, 7) is 5.24. The van der Waals surface area contributed by atoms with Crippen LogP contribution in [0.5, 0.6) is 0 Å². The Kier molecular flexibility index (Phi) is 5.06. The highest BCUT2D eigenvalue weighted by Gasteiger charge is 2.24. The first-order valence-electron chi connectivity index (χ1n) is 8.92. The van der Waals surface area contributed by atoms with Crippen LogP contribution in [0.4, 0.5) is 9.18 Å². The molecule has 0 radical (unpaired) electrons. The number of carbonyl (C=O) groups excluding carboxylic acids is 1. The van der Waals surface area contributed by atoms with Crippen molar-refractivity contribution in [3.8, 4) is 0 Å². The number of ether oxygens (including phenoxy) is 1. The minimum Gasteiger partial charge on any atom is -0.444 e. The molecule has 0 aliphatic rings. The molecule has 0 aliphatic heterocycles. The van der Waals surface area contributed by atoms with Gasteiger partial charge in [0, 0.05) is 0 Å². The number of carbonyl (C=O) groups is 1. The maximum absolute atomic E-state index is 15.6. The van der Waals surface area contributed by atoms with Crippen molar-refractivity contribution in [2.24, 2.45) is 0 Å². The number of nitrogens with one attached hydrogen (secondary N) is 1. The monoisotopic (exact) mass is 427 g/mol. The van der Waals surface area contributed by atoms with Gasteiger partial charge in [0.05, 0.1) is 20.4 Å². The van der Waals surface area contributed by atoms with Crippen LogP contribution in [0.1, 0.15) is 30.8 Å². The van der Waals surface area contributed by atoms with Crippen LogP contribution in [0.2, 0.25) is 0 Å². The summed E-state index contributed by atoms with van der Waals surface area (Å²) in [6.07, 6.45) is -0.747. The molecule has 2 aromatic carbocycles. The average molecular weight is 428 g/mol. The normalized spacial score (nSPS) is 12.8. The molecular formula is C21H18FN3O2S2. The quantitative estimate of drug-likeness (QED) is 0.421. The van der Waals surface area contributed by atoms with E-state index in [-0.39, 0.29) is 10.7 Å². The number of rotatable bonds is 3. The van der Waals surface area contributed by atoms with Crippen molar-refractivity contribution in [3.63, 3.8) is 0 Å². The van der Waals surface area contributed by atoms with Crippen molar-refractivity contribution in [1.82, 2.24) is 15.3 Å². The van der Waals surface area contributed by atoms with Gasteiger partial charge in [-0.1, -0.05) is 24.3 Å². The van der Waals surface area contributed by atoms with E-state index in [4.69, 9.17) is 4.74 Å². The van der Waals surface area contributed by atoms with Crippen LogP contribution < -0.4 is 5.32 Å². The Balaban J connectivity index is 1.81. The third-order valence-electron chi connectivity index (χ3n) is 3.83. The van der Waals surface area contributed by atoms with Crippen molar-refractivity contribution < 1.29 is 13.9 Å². The van der Waals surface area contributed by atoms with Crippen molar-refractivity contribution in [1.29, 1.82) is 0 Å². The molecule has 148 valence electrons. The van der Waals surface area contributed by atoms with Crippen LogP contribution >= 0.6 is 22.7 Å². The van der Waals surface area contributed by atoms with E-state index in [9.17, 15) is 4.79 Å². The van der Waals surface area contributed by atoms with Gasteiger partial charge < -0.3 is 4.74 Å². The Bertz CT molecular complexity index is 1170. The first-order chi connectivity index (χ1) is 13.8. The maximum Gasteiger partial charge on any atom is 0.412 e. The summed E-state index contributed by atoms with van der Waals surface area (Å²) in [5.41, 5.74) is 0.672.